The third kappa shape index (κ3) is 2.50. The van der Waals surface area contributed by atoms with Crippen molar-refractivity contribution in [2.24, 2.45) is 0 Å². The van der Waals surface area contributed by atoms with E-state index in [2.05, 4.69) is 4.74 Å². The number of carbonyl (C=O) groups excluding carboxylic acids is 1. The van der Waals surface area contributed by atoms with Crippen LogP contribution in [0.1, 0.15) is 28.8 Å². The second-order valence-electron chi connectivity index (χ2n) is 4.21. The van der Waals surface area contributed by atoms with Gasteiger partial charge in [0.15, 0.2) is 0 Å². The Hall–Kier alpha value is -1.78. The van der Waals surface area contributed by atoms with Gasteiger partial charge >= 0.3 is 5.97 Å². The first-order valence-corrected chi connectivity index (χ1v) is 6.00. The summed E-state index contributed by atoms with van der Waals surface area (Å²) >= 11 is 6.06. The van der Waals surface area contributed by atoms with Crippen LogP contribution in [0.15, 0.2) is 40.8 Å². The molecule has 0 amide bonds. The molecule has 2 aromatic rings. The molecule has 0 saturated carbocycles. The molecule has 0 bridgehead atoms. The standard InChI is InChI=1S/C14H13ClO4/c1-14(17,9-5-3-4-6-10(9)15)12-8-7-11(19-12)13(16)18-2/h3-8,17H,1-2H3. The van der Waals surface area contributed by atoms with Gasteiger partial charge in [0, 0.05) is 10.6 Å². The summed E-state index contributed by atoms with van der Waals surface area (Å²) in [5.74, 6) is -0.341. The van der Waals surface area contributed by atoms with E-state index >= 15 is 0 Å². The Morgan fingerprint density at radius 3 is 2.63 bits per heavy atom. The quantitative estimate of drug-likeness (QED) is 0.878. The molecule has 1 atom stereocenters. The van der Waals surface area contributed by atoms with Crippen molar-refractivity contribution in [3.05, 3.63) is 58.5 Å². The molecular weight excluding hydrogens is 268 g/mol. The lowest BCUT2D eigenvalue weighted by molar-refractivity contribution is 0.0522. The molecule has 0 saturated heterocycles. The average Bonchev–Trinajstić information content (AvgIpc) is 2.88. The molecule has 0 radical (unpaired) electrons. The summed E-state index contributed by atoms with van der Waals surface area (Å²) in [4.78, 5) is 11.3. The molecule has 100 valence electrons. The van der Waals surface area contributed by atoms with Crippen LogP contribution >= 0.6 is 11.6 Å². The van der Waals surface area contributed by atoms with E-state index in [9.17, 15) is 9.90 Å². The van der Waals surface area contributed by atoms with Gasteiger partial charge in [0.05, 0.1) is 7.11 Å². The van der Waals surface area contributed by atoms with Crippen molar-refractivity contribution in [2.75, 3.05) is 7.11 Å². The van der Waals surface area contributed by atoms with E-state index < -0.39 is 11.6 Å². The highest BCUT2D eigenvalue weighted by Crippen LogP contribution is 2.34. The number of esters is 1. The number of halogens is 1. The molecule has 1 unspecified atom stereocenters. The summed E-state index contributed by atoms with van der Waals surface area (Å²) in [6.07, 6.45) is 0. The third-order valence-corrected chi connectivity index (χ3v) is 3.20. The van der Waals surface area contributed by atoms with E-state index in [1.54, 1.807) is 31.2 Å². The van der Waals surface area contributed by atoms with Crippen LogP contribution < -0.4 is 0 Å². The fourth-order valence-electron chi connectivity index (χ4n) is 1.80. The molecule has 0 aliphatic rings. The Balaban J connectivity index is 2.42. The monoisotopic (exact) mass is 280 g/mol. The van der Waals surface area contributed by atoms with Gasteiger partial charge in [-0.2, -0.15) is 0 Å². The third-order valence-electron chi connectivity index (χ3n) is 2.87. The van der Waals surface area contributed by atoms with E-state index in [0.29, 0.717) is 10.6 Å². The Kier molecular flexibility index (Phi) is 3.64. The molecule has 4 nitrogen and oxygen atoms in total. The topological polar surface area (TPSA) is 59.7 Å². The van der Waals surface area contributed by atoms with E-state index in [0.717, 1.165) is 0 Å². The lowest BCUT2D eigenvalue weighted by Crippen LogP contribution is -2.22. The summed E-state index contributed by atoms with van der Waals surface area (Å²) in [5.41, 5.74) is -0.924. The van der Waals surface area contributed by atoms with Crippen molar-refractivity contribution in [2.45, 2.75) is 12.5 Å². The summed E-state index contributed by atoms with van der Waals surface area (Å²) in [7, 11) is 1.26. The maximum absolute atomic E-state index is 11.3. The largest absolute Gasteiger partial charge is 0.463 e. The van der Waals surface area contributed by atoms with Crippen molar-refractivity contribution in [3.63, 3.8) is 0 Å². The molecule has 1 aromatic carbocycles. The number of aliphatic hydroxyl groups is 1. The first-order chi connectivity index (χ1) is 8.96. The molecule has 1 N–H and O–H groups in total. The molecule has 19 heavy (non-hydrogen) atoms. The van der Waals surface area contributed by atoms with Crippen LogP contribution in [0.3, 0.4) is 0 Å². The fourth-order valence-corrected chi connectivity index (χ4v) is 2.12. The van der Waals surface area contributed by atoms with Crippen LogP contribution in [0.2, 0.25) is 5.02 Å². The summed E-state index contributed by atoms with van der Waals surface area (Å²) < 4.78 is 9.88. The minimum absolute atomic E-state index is 0.0322. The molecule has 1 heterocycles. The molecule has 0 aliphatic heterocycles. The second-order valence-corrected chi connectivity index (χ2v) is 4.61. The number of benzene rings is 1. The zero-order chi connectivity index (χ0) is 14.0. The average molecular weight is 281 g/mol. The Morgan fingerprint density at radius 1 is 1.32 bits per heavy atom. The van der Waals surface area contributed by atoms with Crippen molar-refractivity contribution < 1.29 is 19.1 Å². The summed E-state index contributed by atoms with van der Waals surface area (Å²) in [6.45, 7) is 1.55. The van der Waals surface area contributed by atoms with Gasteiger partial charge in [-0.15, -0.1) is 0 Å². The lowest BCUT2D eigenvalue weighted by Gasteiger charge is -2.22. The number of methoxy groups -OCH3 is 1. The molecule has 5 heteroatoms. The summed E-state index contributed by atoms with van der Waals surface area (Å²) in [5, 5.41) is 11.0. The van der Waals surface area contributed by atoms with Gasteiger partial charge in [0.25, 0.3) is 0 Å². The number of furan rings is 1. The van der Waals surface area contributed by atoms with Crippen molar-refractivity contribution in [1.29, 1.82) is 0 Å². The number of hydrogen-bond acceptors (Lipinski definition) is 4. The molecule has 0 aliphatic carbocycles. The van der Waals surface area contributed by atoms with Crippen LogP contribution in [0.25, 0.3) is 0 Å². The predicted molar refractivity (Wildman–Crippen MR) is 70.2 cm³/mol. The fraction of sp³-hybridized carbons (Fsp3) is 0.214. The van der Waals surface area contributed by atoms with Crippen molar-refractivity contribution in [1.82, 2.24) is 0 Å². The Labute approximate surface area is 115 Å². The molecular formula is C14H13ClO4. The van der Waals surface area contributed by atoms with Crippen LogP contribution in [-0.4, -0.2) is 18.2 Å². The minimum Gasteiger partial charge on any atom is -0.463 e. The first-order valence-electron chi connectivity index (χ1n) is 5.63. The number of hydrogen-bond donors (Lipinski definition) is 1. The molecule has 2 rings (SSSR count). The number of rotatable bonds is 3. The SMILES string of the molecule is COC(=O)c1ccc(C(C)(O)c2ccccc2Cl)o1. The maximum Gasteiger partial charge on any atom is 0.373 e. The van der Waals surface area contributed by atoms with Crippen LogP contribution in [0, 0.1) is 0 Å². The zero-order valence-corrected chi connectivity index (χ0v) is 11.3. The van der Waals surface area contributed by atoms with E-state index in [1.165, 1.54) is 19.2 Å². The predicted octanol–water partition coefficient (Wildman–Crippen LogP) is 2.98. The Bertz CT molecular complexity index is 601. The van der Waals surface area contributed by atoms with Gasteiger partial charge in [-0.25, -0.2) is 4.79 Å². The molecule has 0 fully saturated rings. The van der Waals surface area contributed by atoms with Gasteiger partial charge in [-0.05, 0) is 25.1 Å². The molecule has 0 spiro atoms. The van der Waals surface area contributed by atoms with Gasteiger partial charge in [0.1, 0.15) is 11.4 Å². The first kappa shape index (κ1) is 13.6. The lowest BCUT2D eigenvalue weighted by atomic mass is 9.93. The number of carbonyl (C=O) groups is 1. The highest BCUT2D eigenvalue weighted by atomic mass is 35.5. The number of ether oxygens (including phenoxy) is 1. The van der Waals surface area contributed by atoms with E-state index in [1.807, 2.05) is 0 Å². The zero-order valence-electron chi connectivity index (χ0n) is 10.5. The van der Waals surface area contributed by atoms with Gasteiger partial charge < -0.3 is 14.3 Å². The highest BCUT2D eigenvalue weighted by Gasteiger charge is 2.32. The molecule has 1 aromatic heterocycles. The smallest absolute Gasteiger partial charge is 0.373 e. The van der Waals surface area contributed by atoms with E-state index in [-0.39, 0.29) is 11.5 Å². The normalized spacial score (nSPS) is 13.9. The van der Waals surface area contributed by atoms with Gasteiger partial charge in [-0.1, -0.05) is 29.8 Å². The Morgan fingerprint density at radius 2 is 2.00 bits per heavy atom. The minimum atomic E-state index is -1.43. The van der Waals surface area contributed by atoms with Crippen LogP contribution in [0.4, 0.5) is 0 Å². The van der Waals surface area contributed by atoms with Crippen molar-refractivity contribution in [3.8, 4) is 0 Å². The van der Waals surface area contributed by atoms with Crippen LogP contribution in [0.5, 0.6) is 0 Å². The van der Waals surface area contributed by atoms with Gasteiger partial charge in [0.2, 0.25) is 5.76 Å². The van der Waals surface area contributed by atoms with Gasteiger partial charge in [-0.3, -0.25) is 0 Å². The summed E-state index contributed by atoms with van der Waals surface area (Å²) in [6, 6.07) is 9.88. The van der Waals surface area contributed by atoms with E-state index in [4.69, 9.17) is 16.0 Å². The highest BCUT2D eigenvalue weighted by molar-refractivity contribution is 6.31. The van der Waals surface area contributed by atoms with Crippen LogP contribution in [-0.2, 0) is 10.3 Å². The van der Waals surface area contributed by atoms with Crippen molar-refractivity contribution >= 4 is 17.6 Å². The maximum atomic E-state index is 11.3. The second kappa shape index (κ2) is 5.07.